The predicted octanol–water partition coefficient (Wildman–Crippen LogP) is 5.48. The van der Waals surface area contributed by atoms with Gasteiger partial charge in [0.2, 0.25) is 15.3 Å². The van der Waals surface area contributed by atoms with Crippen molar-refractivity contribution in [3.63, 3.8) is 0 Å². The van der Waals surface area contributed by atoms with Gasteiger partial charge in [0.15, 0.2) is 0 Å². The lowest BCUT2D eigenvalue weighted by molar-refractivity contribution is -0.111. The number of nitrogens with one attached hydrogen (secondary N) is 1. The number of ether oxygens (including phenoxy) is 1. The lowest BCUT2D eigenvalue weighted by Gasteiger charge is -2.15. The lowest BCUT2D eigenvalue weighted by atomic mass is 9.96. The van der Waals surface area contributed by atoms with E-state index in [9.17, 15) is 13.2 Å². The number of hydrogen-bond acceptors (Lipinski definition) is 5. The molecule has 0 amide bonds. The molecule has 0 spiro atoms. The fraction of sp³-hybridized carbons (Fsp3) is 0.345. The number of para-hydroxylation sites is 1. The van der Waals surface area contributed by atoms with E-state index in [1.54, 1.807) is 12.1 Å². The minimum absolute atomic E-state index is 0.166. The molecule has 204 valence electrons. The van der Waals surface area contributed by atoms with E-state index >= 15 is 0 Å². The van der Waals surface area contributed by atoms with E-state index in [4.69, 9.17) is 27.9 Å². The van der Waals surface area contributed by atoms with E-state index in [0.717, 1.165) is 41.0 Å². The smallest absolute Gasteiger partial charge is 0.240 e. The zero-order valence-electron chi connectivity index (χ0n) is 21.8. The van der Waals surface area contributed by atoms with Gasteiger partial charge in [-0.15, -0.1) is 0 Å². The summed E-state index contributed by atoms with van der Waals surface area (Å²) in [6.07, 6.45) is 2.82. The van der Waals surface area contributed by atoms with Crippen LogP contribution in [0.15, 0.2) is 71.6 Å². The van der Waals surface area contributed by atoms with Crippen LogP contribution >= 0.6 is 23.2 Å². The number of aryl methyl sites for hydroxylation is 1. The summed E-state index contributed by atoms with van der Waals surface area (Å²) in [7, 11) is 0.431. The third-order valence-electron chi connectivity index (χ3n) is 5.93. The molecule has 38 heavy (non-hydrogen) atoms. The molecule has 0 aliphatic heterocycles. The number of rotatable bonds is 15. The third-order valence-corrected chi connectivity index (χ3v) is 7.84. The van der Waals surface area contributed by atoms with Crippen molar-refractivity contribution in [2.75, 3.05) is 33.8 Å². The largest absolute Gasteiger partial charge is 0.493 e. The molecule has 0 unspecified atom stereocenters. The van der Waals surface area contributed by atoms with Crippen LogP contribution in [-0.2, 0) is 34.1 Å². The number of hydrogen-bond donors (Lipinski definition) is 1. The zero-order valence-corrected chi connectivity index (χ0v) is 24.1. The highest BCUT2D eigenvalue weighted by Gasteiger charge is 2.14. The van der Waals surface area contributed by atoms with Crippen molar-refractivity contribution >= 4 is 38.5 Å². The fourth-order valence-corrected chi connectivity index (χ4v) is 5.33. The first-order chi connectivity index (χ1) is 18.1. The molecular formula is C29H34Cl2N2O4S. The molecule has 0 radical (unpaired) electrons. The van der Waals surface area contributed by atoms with Crippen LogP contribution in [0.4, 0.5) is 0 Å². The number of benzene rings is 3. The number of halogens is 2. The van der Waals surface area contributed by atoms with Gasteiger partial charge in [-0.2, -0.15) is 0 Å². The second kappa shape index (κ2) is 14.7. The average Bonchev–Trinajstić information content (AvgIpc) is 2.86. The highest BCUT2D eigenvalue weighted by atomic mass is 35.5. The maximum absolute atomic E-state index is 12.6. The van der Waals surface area contributed by atoms with Crippen molar-refractivity contribution in [3.05, 3.63) is 94.0 Å². The summed E-state index contributed by atoms with van der Waals surface area (Å²) >= 11 is 11.5. The molecule has 0 aliphatic carbocycles. The zero-order chi connectivity index (χ0) is 27.5. The van der Waals surface area contributed by atoms with Crippen molar-refractivity contribution in [2.45, 2.75) is 37.0 Å². The minimum Gasteiger partial charge on any atom is -0.493 e. The van der Waals surface area contributed by atoms with Crippen molar-refractivity contribution < 1.29 is 17.9 Å². The van der Waals surface area contributed by atoms with Crippen LogP contribution in [0.25, 0.3) is 0 Å². The molecule has 0 aliphatic rings. The maximum atomic E-state index is 12.6. The summed E-state index contributed by atoms with van der Waals surface area (Å²) in [5.74, 6) is 0.852. The quantitative estimate of drug-likeness (QED) is 0.191. The molecule has 3 rings (SSSR count). The van der Waals surface area contributed by atoms with E-state index in [0.29, 0.717) is 30.9 Å². The Hall–Kier alpha value is -2.42. The second-order valence-corrected chi connectivity index (χ2v) is 12.0. The Morgan fingerprint density at radius 3 is 2.29 bits per heavy atom. The Morgan fingerprint density at radius 2 is 1.61 bits per heavy atom. The molecule has 9 heteroatoms. The number of sulfonamides is 1. The standard InChI is InChI=1S/C29H34Cl2N2O4S/c1-33(2)16-5-17-37-28-7-4-3-6-25(28)21-24-19-22(8-13-29(31)34)18-23(20-24)14-15-32-38(35,36)27-11-9-26(30)10-12-27/h3-4,6-7,9-12,18-20,32H,5,8,13-17,21H2,1-2H3. The summed E-state index contributed by atoms with van der Waals surface area (Å²) < 4.78 is 34.0. The Labute approximate surface area is 236 Å². The molecule has 0 bridgehead atoms. The Morgan fingerprint density at radius 1 is 0.947 bits per heavy atom. The normalized spacial score (nSPS) is 11.6. The van der Waals surface area contributed by atoms with E-state index < -0.39 is 10.0 Å². The fourth-order valence-electron chi connectivity index (χ4n) is 4.07. The van der Waals surface area contributed by atoms with Gasteiger partial charge >= 0.3 is 0 Å². The second-order valence-electron chi connectivity index (χ2n) is 9.40. The summed E-state index contributed by atoms with van der Waals surface area (Å²) in [5, 5.41) is 0.0911. The number of nitrogens with zero attached hydrogens (tertiary/aromatic N) is 1. The van der Waals surface area contributed by atoms with Crippen LogP contribution in [-0.4, -0.2) is 52.4 Å². The van der Waals surface area contributed by atoms with Gasteiger partial charge in [-0.05, 0) is 97.5 Å². The van der Waals surface area contributed by atoms with Crippen molar-refractivity contribution in [1.29, 1.82) is 0 Å². The number of carbonyl (C=O) groups is 1. The minimum atomic E-state index is -3.65. The highest BCUT2D eigenvalue weighted by Crippen LogP contribution is 2.24. The van der Waals surface area contributed by atoms with Gasteiger partial charge in [-0.1, -0.05) is 48.0 Å². The molecule has 0 saturated heterocycles. The van der Waals surface area contributed by atoms with Gasteiger partial charge in [0.25, 0.3) is 0 Å². The van der Waals surface area contributed by atoms with Crippen LogP contribution in [0, 0.1) is 0 Å². The summed E-state index contributed by atoms with van der Waals surface area (Å²) in [4.78, 5) is 13.7. The highest BCUT2D eigenvalue weighted by molar-refractivity contribution is 7.89. The monoisotopic (exact) mass is 576 g/mol. The molecule has 3 aromatic rings. The molecule has 0 atom stereocenters. The predicted molar refractivity (Wildman–Crippen MR) is 154 cm³/mol. The van der Waals surface area contributed by atoms with E-state index in [2.05, 4.69) is 27.8 Å². The van der Waals surface area contributed by atoms with Gasteiger partial charge in [0.1, 0.15) is 5.75 Å². The topological polar surface area (TPSA) is 75.7 Å². The van der Waals surface area contributed by atoms with Crippen LogP contribution in [0.2, 0.25) is 5.02 Å². The van der Waals surface area contributed by atoms with E-state index in [1.165, 1.54) is 12.1 Å². The average molecular weight is 578 g/mol. The van der Waals surface area contributed by atoms with Gasteiger partial charge in [0.05, 0.1) is 11.5 Å². The van der Waals surface area contributed by atoms with E-state index in [1.807, 2.05) is 38.4 Å². The summed E-state index contributed by atoms with van der Waals surface area (Å²) in [6.45, 7) is 1.81. The van der Waals surface area contributed by atoms with Gasteiger partial charge < -0.3 is 9.64 Å². The SMILES string of the molecule is CN(C)CCCOc1ccccc1Cc1cc(CCNS(=O)(=O)c2ccc(Cl)cc2)cc(CCC(=O)Cl)c1. The molecular weight excluding hydrogens is 543 g/mol. The van der Waals surface area contributed by atoms with Crippen LogP contribution < -0.4 is 9.46 Å². The lowest BCUT2D eigenvalue weighted by Crippen LogP contribution is -2.26. The molecule has 6 nitrogen and oxygen atoms in total. The van der Waals surface area contributed by atoms with Gasteiger partial charge in [-0.25, -0.2) is 13.1 Å². The van der Waals surface area contributed by atoms with Crippen LogP contribution in [0.3, 0.4) is 0 Å². The van der Waals surface area contributed by atoms with Crippen LogP contribution in [0.5, 0.6) is 5.75 Å². The Kier molecular flexibility index (Phi) is 11.6. The molecule has 0 heterocycles. The first-order valence-corrected chi connectivity index (χ1v) is 14.8. The third kappa shape index (κ3) is 10.0. The molecule has 3 aromatic carbocycles. The van der Waals surface area contributed by atoms with Crippen molar-refractivity contribution in [1.82, 2.24) is 9.62 Å². The van der Waals surface area contributed by atoms with Gasteiger partial charge in [0, 0.05) is 31.0 Å². The molecule has 1 N–H and O–H groups in total. The van der Waals surface area contributed by atoms with Crippen molar-refractivity contribution in [3.8, 4) is 5.75 Å². The number of carbonyl (C=O) groups excluding carboxylic acids is 1. The summed E-state index contributed by atoms with van der Waals surface area (Å²) in [6, 6.07) is 20.2. The molecule has 0 saturated carbocycles. The van der Waals surface area contributed by atoms with Crippen molar-refractivity contribution in [2.24, 2.45) is 0 Å². The van der Waals surface area contributed by atoms with E-state index in [-0.39, 0.29) is 23.1 Å². The van der Waals surface area contributed by atoms with Crippen LogP contribution in [0.1, 0.15) is 35.1 Å². The molecule has 0 fully saturated rings. The Balaban J connectivity index is 1.73. The molecule has 0 aromatic heterocycles. The summed E-state index contributed by atoms with van der Waals surface area (Å²) in [5.41, 5.74) is 4.08. The first-order valence-electron chi connectivity index (χ1n) is 12.5. The van der Waals surface area contributed by atoms with Gasteiger partial charge in [-0.3, -0.25) is 4.79 Å². The Bertz CT molecular complexity index is 1310. The maximum Gasteiger partial charge on any atom is 0.240 e. The first kappa shape index (κ1) is 30.1.